The molecular weight excluding hydrogens is 232 g/mol. The Kier molecular flexibility index (Phi) is 3.09. The van der Waals surface area contributed by atoms with Crippen LogP contribution in [0.1, 0.15) is 23.6 Å². The van der Waals surface area contributed by atoms with Crippen molar-refractivity contribution in [1.29, 1.82) is 0 Å². The van der Waals surface area contributed by atoms with E-state index < -0.39 is 6.10 Å². The second kappa shape index (κ2) is 4.35. The molecule has 0 amide bonds. The summed E-state index contributed by atoms with van der Waals surface area (Å²) in [6.45, 7) is 2.72. The van der Waals surface area contributed by atoms with Crippen LogP contribution in [0.25, 0.3) is 0 Å². The molecule has 0 radical (unpaired) electrons. The number of aromatic nitrogens is 2. The third-order valence-electron chi connectivity index (χ3n) is 2.22. The van der Waals surface area contributed by atoms with Crippen LogP contribution in [0.2, 0.25) is 5.02 Å². The van der Waals surface area contributed by atoms with Gasteiger partial charge in [0.15, 0.2) is 0 Å². The van der Waals surface area contributed by atoms with Gasteiger partial charge in [-0.05, 0) is 24.4 Å². The first-order valence-electron chi connectivity index (χ1n) is 4.66. The molecule has 0 aliphatic carbocycles. The fraction of sp³-hybridized carbons (Fsp3) is 0.300. The van der Waals surface area contributed by atoms with Crippen LogP contribution in [0.3, 0.4) is 0 Å². The van der Waals surface area contributed by atoms with E-state index in [2.05, 4.69) is 5.10 Å². The summed E-state index contributed by atoms with van der Waals surface area (Å²) >= 11 is 7.42. The average Bonchev–Trinajstić information content (AvgIpc) is 2.84. The number of thiophene rings is 1. The van der Waals surface area contributed by atoms with Gasteiger partial charge < -0.3 is 5.11 Å². The molecular formula is C10H11ClN2OS. The van der Waals surface area contributed by atoms with Gasteiger partial charge in [-0.25, -0.2) is 0 Å². The van der Waals surface area contributed by atoms with Crippen molar-refractivity contribution >= 4 is 22.9 Å². The number of hydrogen-bond acceptors (Lipinski definition) is 3. The fourth-order valence-electron chi connectivity index (χ4n) is 1.47. The molecule has 1 unspecified atom stereocenters. The van der Waals surface area contributed by atoms with Crippen molar-refractivity contribution in [3.63, 3.8) is 0 Å². The summed E-state index contributed by atoms with van der Waals surface area (Å²) in [5, 5.41) is 16.7. The fourth-order valence-corrected chi connectivity index (χ4v) is 2.63. The Bertz CT molecular complexity index is 452. The number of hydrogen-bond donors (Lipinski definition) is 1. The van der Waals surface area contributed by atoms with Crippen molar-refractivity contribution in [1.82, 2.24) is 9.78 Å². The molecule has 0 aromatic carbocycles. The molecule has 0 aliphatic rings. The summed E-state index contributed by atoms with van der Waals surface area (Å²) < 4.78 is 1.76. The third kappa shape index (κ3) is 1.93. The second-order valence-corrected chi connectivity index (χ2v) is 4.46. The molecule has 2 aromatic heterocycles. The summed E-state index contributed by atoms with van der Waals surface area (Å²) in [6.07, 6.45) is 1.00. The number of nitrogens with zero attached hydrogens (tertiary/aromatic N) is 2. The van der Waals surface area contributed by atoms with Gasteiger partial charge >= 0.3 is 0 Å². The zero-order chi connectivity index (χ0) is 10.8. The SMILES string of the molecule is CCn1nccc1C(O)c1sccc1Cl. The Hall–Kier alpha value is -0.840. The maximum Gasteiger partial charge on any atom is 0.131 e. The third-order valence-corrected chi connectivity index (χ3v) is 3.63. The lowest BCUT2D eigenvalue weighted by Crippen LogP contribution is -2.08. The van der Waals surface area contributed by atoms with Crippen LogP contribution in [0.4, 0.5) is 0 Å². The van der Waals surface area contributed by atoms with E-state index in [9.17, 15) is 5.11 Å². The van der Waals surface area contributed by atoms with Gasteiger partial charge in [-0.1, -0.05) is 11.6 Å². The first kappa shape index (κ1) is 10.7. The Morgan fingerprint density at radius 3 is 3.00 bits per heavy atom. The van der Waals surface area contributed by atoms with Gasteiger partial charge in [0.25, 0.3) is 0 Å². The molecule has 2 rings (SSSR count). The first-order valence-corrected chi connectivity index (χ1v) is 5.92. The molecule has 2 heterocycles. The Morgan fingerprint density at radius 2 is 2.40 bits per heavy atom. The molecule has 0 saturated carbocycles. The number of aliphatic hydroxyl groups is 1. The van der Waals surface area contributed by atoms with Gasteiger partial charge in [-0.15, -0.1) is 11.3 Å². The Labute approximate surface area is 96.9 Å². The largest absolute Gasteiger partial charge is 0.381 e. The van der Waals surface area contributed by atoms with Gasteiger partial charge in [0.2, 0.25) is 0 Å². The van der Waals surface area contributed by atoms with E-state index in [1.165, 1.54) is 11.3 Å². The molecule has 2 aromatic rings. The lowest BCUT2D eigenvalue weighted by atomic mass is 10.2. The van der Waals surface area contributed by atoms with Gasteiger partial charge in [-0.2, -0.15) is 5.10 Å². The predicted molar refractivity (Wildman–Crippen MR) is 61.3 cm³/mol. The molecule has 0 aliphatic heterocycles. The lowest BCUT2D eigenvalue weighted by Gasteiger charge is -2.11. The van der Waals surface area contributed by atoms with Crippen LogP contribution in [0.15, 0.2) is 23.7 Å². The molecule has 0 spiro atoms. The van der Waals surface area contributed by atoms with E-state index in [1.807, 2.05) is 18.4 Å². The molecule has 3 nitrogen and oxygen atoms in total. The average molecular weight is 243 g/mol. The topological polar surface area (TPSA) is 38.0 Å². The highest BCUT2D eigenvalue weighted by Gasteiger charge is 2.18. The zero-order valence-electron chi connectivity index (χ0n) is 8.22. The van der Waals surface area contributed by atoms with Crippen LogP contribution in [-0.4, -0.2) is 14.9 Å². The molecule has 15 heavy (non-hydrogen) atoms. The van der Waals surface area contributed by atoms with E-state index in [4.69, 9.17) is 11.6 Å². The monoisotopic (exact) mass is 242 g/mol. The molecule has 1 N–H and O–H groups in total. The van der Waals surface area contributed by atoms with Crippen molar-refractivity contribution < 1.29 is 5.11 Å². The number of aliphatic hydroxyl groups excluding tert-OH is 1. The van der Waals surface area contributed by atoms with Crippen molar-refractivity contribution in [3.05, 3.63) is 39.3 Å². The smallest absolute Gasteiger partial charge is 0.131 e. The highest BCUT2D eigenvalue weighted by molar-refractivity contribution is 7.10. The normalized spacial score (nSPS) is 13.0. The Morgan fingerprint density at radius 1 is 1.60 bits per heavy atom. The van der Waals surface area contributed by atoms with Crippen molar-refractivity contribution in [2.75, 3.05) is 0 Å². The summed E-state index contributed by atoms with van der Waals surface area (Å²) in [5.41, 5.74) is 0.779. The zero-order valence-corrected chi connectivity index (χ0v) is 9.79. The van der Waals surface area contributed by atoms with Gasteiger partial charge in [0.05, 0.1) is 15.6 Å². The van der Waals surface area contributed by atoms with Gasteiger partial charge in [-0.3, -0.25) is 4.68 Å². The van der Waals surface area contributed by atoms with Crippen LogP contribution in [0.5, 0.6) is 0 Å². The van der Waals surface area contributed by atoms with Crippen LogP contribution >= 0.6 is 22.9 Å². The lowest BCUT2D eigenvalue weighted by molar-refractivity contribution is 0.212. The van der Waals surface area contributed by atoms with Crippen molar-refractivity contribution in [2.24, 2.45) is 0 Å². The molecule has 5 heteroatoms. The number of rotatable bonds is 3. The maximum atomic E-state index is 10.1. The van der Waals surface area contributed by atoms with Gasteiger partial charge in [0, 0.05) is 12.7 Å². The number of halogens is 1. The van der Waals surface area contributed by atoms with Crippen molar-refractivity contribution in [3.8, 4) is 0 Å². The van der Waals surface area contributed by atoms with Crippen molar-refractivity contribution in [2.45, 2.75) is 19.6 Å². The summed E-state index contributed by atoms with van der Waals surface area (Å²) in [5.74, 6) is 0. The number of aryl methyl sites for hydroxylation is 1. The molecule has 80 valence electrons. The van der Waals surface area contributed by atoms with E-state index in [1.54, 1.807) is 16.9 Å². The van der Waals surface area contributed by atoms with E-state index in [0.717, 1.165) is 17.1 Å². The summed E-state index contributed by atoms with van der Waals surface area (Å²) in [6, 6.07) is 3.60. The quantitative estimate of drug-likeness (QED) is 0.899. The summed E-state index contributed by atoms with van der Waals surface area (Å²) in [4.78, 5) is 0.770. The molecule has 0 saturated heterocycles. The van der Waals surface area contributed by atoms with Crippen LogP contribution in [-0.2, 0) is 6.54 Å². The van der Waals surface area contributed by atoms with Crippen LogP contribution < -0.4 is 0 Å². The maximum absolute atomic E-state index is 10.1. The molecule has 0 bridgehead atoms. The highest BCUT2D eigenvalue weighted by atomic mass is 35.5. The van der Waals surface area contributed by atoms with E-state index >= 15 is 0 Å². The van der Waals surface area contributed by atoms with E-state index in [0.29, 0.717) is 5.02 Å². The minimum Gasteiger partial charge on any atom is -0.381 e. The second-order valence-electron chi connectivity index (χ2n) is 3.11. The molecule has 0 fully saturated rings. The first-order chi connectivity index (χ1) is 7.24. The molecule has 1 atom stereocenters. The van der Waals surface area contributed by atoms with Crippen LogP contribution in [0, 0.1) is 0 Å². The minimum atomic E-state index is -0.681. The minimum absolute atomic E-state index is 0.608. The Balaban J connectivity index is 2.36. The van der Waals surface area contributed by atoms with Gasteiger partial charge in [0.1, 0.15) is 6.10 Å². The standard InChI is InChI=1S/C10H11ClN2OS/c1-2-13-8(3-5-12-13)9(14)10-7(11)4-6-15-10/h3-6,9,14H,2H2,1H3. The highest BCUT2D eigenvalue weighted by Crippen LogP contribution is 2.32. The summed E-state index contributed by atoms with van der Waals surface area (Å²) in [7, 11) is 0. The predicted octanol–water partition coefficient (Wildman–Crippen LogP) is 2.70. The van der Waals surface area contributed by atoms with E-state index in [-0.39, 0.29) is 0 Å².